The van der Waals surface area contributed by atoms with Gasteiger partial charge in [0.05, 0.1) is 11.7 Å². The second-order valence-electron chi connectivity index (χ2n) is 6.32. The van der Waals surface area contributed by atoms with Gasteiger partial charge in [-0.1, -0.05) is 0 Å². The van der Waals surface area contributed by atoms with Gasteiger partial charge in [-0.05, 0) is 31.9 Å². The first-order valence-electron chi connectivity index (χ1n) is 8.09. The van der Waals surface area contributed by atoms with Crippen molar-refractivity contribution in [3.8, 4) is 6.07 Å². The molecule has 120 valence electrons. The maximum absolute atomic E-state index is 9.74. The number of nitrogens with one attached hydrogen (secondary N) is 1. The van der Waals surface area contributed by atoms with Gasteiger partial charge in [-0.2, -0.15) is 5.26 Å². The summed E-state index contributed by atoms with van der Waals surface area (Å²) in [6, 6.07) is 2.40. The van der Waals surface area contributed by atoms with Gasteiger partial charge in [0.1, 0.15) is 18.2 Å². The molecular formula is C16H20N6O. The predicted octanol–water partition coefficient (Wildman–Crippen LogP) is 1.18. The molecule has 0 aromatic carbocycles. The lowest BCUT2D eigenvalue weighted by molar-refractivity contribution is 0.120. The van der Waals surface area contributed by atoms with Crippen molar-refractivity contribution in [2.75, 3.05) is 32.1 Å². The summed E-state index contributed by atoms with van der Waals surface area (Å²) in [4.78, 5) is 2.25. The minimum atomic E-state index is 0.218. The molecule has 2 aromatic rings. The summed E-state index contributed by atoms with van der Waals surface area (Å²) in [6.45, 7) is 3.30. The molecule has 0 saturated carbocycles. The molecule has 1 unspecified atom stereocenters. The SMILES string of the molecule is CN1CCc2c(C#N)c(NCC3CCCO3)n3cnnc3c2C1. The number of nitrogens with zero attached hydrogens (tertiary/aromatic N) is 5. The Morgan fingerprint density at radius 2 is 2.39 bits per heavy atom. The highest BCUT2D eigenvalue weighted by Crippen LogP contribution is 2.30. The van der Waals surface area contributed by atoms with Crippen molar-refractivity contribution in [3.63, 3.8) is 0 Å². The standard InChI is InChI=1S/C16H20N6O/c1-21-5-4-12-13(7-17)15(18-8-11-3-2-6-23-11)22-10-19-20-16(22)14(12)9-21/h10-11,18H,2-6,8-9H2,1H3. The second kappa shape index (κ2) is 5.80. The highest BCUT2D eigenvalue weighted by molar-refractivity contribution is 5.68. The monoisotopic (exact) mass is 312 g/mol. The van der Waals surface area contributed by atoms with E-state index in [-0.39, 0.29) is 6.10 Å². The Hall–Kier alpha value is -2.17. The van der Waals surface area contributed by atoms with Crippen molar-refractivity contribution in [1.82, 2.24) is 19.5 Å². The Kier molecular flexibility index (Phi) is 3.63. The molecular weight excluding hydrogens is 292 g/mol. The first kappa shape index (κ1) is 14.4. The molecule has 4 rings (SSSR count). The Balaban J connectivity index is 1.78. The lowest BCUT2D eigenvalue weighted by atomic mass is 9.96. The highest BCUT2D eigenvalue weighted by Gasteiger charge is 2.25. The van der Waals surface area contributed by atoms with Crippen molar-refractivity contribution in [3.05, 3.63) is 23.0 Å². The lowest BCUT2D eigenvalue weighted by Gasteiger charge is -2.27. The van der Waals surface area contributed by atoms with Crippen LogP contribution in [-0.4, -0.2) is 52.3 Å². The molecule has 0 aliphatic carbocycles. The summed E-state index contributed by atoms with van der Waals surface area (Å²) >= 11 is 0. The zero-order chi connectivity index (χ0) is 15.8. The van der Waals surface area contributed by atoms with Gasteiger partial charge >= 0.3 is 0 Å². The van der Waals surface area contributed by atoms with Crippen LogP contribution in [0.2, 0.25) is 0 Å². The van der Waals surface area contributed by atoms with Crippen LogP contribution in [0.3, 0.4) is 0 Å². The van der Waals surface area contributed by atoms with Gasteiger partial charge in [-0.25, -0.2) is 0 Å². The maximum Gasteiger partial charge on any atom is 0.167 e. The van der Waals surface area contributed by atoms with E-state index >= 15 is 0 Å². The molecule has 0 spiro atoms. The highest BCUT2D eigenvalue weighted by atomic mass is 16.5. The molecule has 1 saturated heterocycles. The van der Waals surface area contributed by atoms with Crippen LogP contribution in [0.25, 0.3) is 5.65 Å². The van der Waals surface area contributed by atoms with Gasteiger partial charge < -0.3 is 15.0 Å². The van der Waals surface area contributed by atoms with E-state index in [1.165, 1.54) is 0 Å². The molecule has 7 heteroatoms. The Morgan fingerprint density at radius 1 is 1.48 bits per heavy atom. The molecule has 2 aromatic heterocycles. The van der Waals surface area contributed by atoms with Gasteiger partial charge in [-0.3, -0.25) is 4.40 Å². The first-order chi connectivity index (χ1) is 11.3. The van der Waals surface area contributed by atoms with E-state index in [2.05, 4.69) is 33.5 Å². The fraction of sp³-hybridized carbons (Fsp3) is 0.562. The Labute approximate surface area is 134 Å². The second-order valence-corrected chi connectivity index (χ2v) is 6.32. The average Bonchev–Trinajstić information content (AvgIpc) is 3.23. The molecule has 1 fully saturated rings. The molecule has 0 bridgehead atoms. The van der Waals surface area contributed by atoms with E-state index in [9.17, 15) is 5.26 Å². The first-order valence-corrected chi connectivity index (χ1v) is 8.09. The van der Waals surface area contributed by atoms with Crippen molar-refractivity contribution in [2.45, 2.75) is 31.9 Å². The van der Waals surface area contributed by atoms with Crippen molar-refractivity contribution < 1.29 is 4.74 Å². The van der Waals surface area contributed by atoms with Gasteiger partial charge in [0, 0.05) is 31.8 Å². The summed E-state index contributed by atoms with van der Waals surface area (Å²) in [7, 11) is 2.09. The summed E-state index contributed by atoms with van der Waals surface area (Å²) in [5.74, 6) is 0.798. The van der Waals surface area contributed by atoms with Crippen LogP contribution in [0.4, 0.5) is 5.82 Å². The molecule has 2 aliphatic heterocycles. The number of ether oxygens (including phenoxy) is 1. The topological polar surface area (TPSA) is 78.5 Å². The Bertz CT molecular complexity index is 771. The van der Waals surface area contributed by atoms with E-state index in [0.717, 1.165) is 67.1 Å². The molecule has 4 heterocycles. The van der Waals surface area contributed by atoms with Crippen LogP contribution in [0, 0.1) is 11.3 Å². The van der Waals surface area contributed by atoms with Crippen LogP contribution >= 0.6 is 0 Å². The van der Waals surface area contributed by atoms with E-state index < -0.39 is 0 Å². The molecule has 0 amide bonds. The van der Waals surface area contributed by atoms with E-state index in [1.807, 2.05) is 4.40 Å². The number of likely N-dealkylation sites (N-methyl/N-ethyl adjacent to an activating group) is 1. The molecule has 1 atom stereocenters. The van der Waals surface area contributed by atoms with Gasteiger partial charge in [0.2, 0.25) is 0 Å². The number of nitriles is 1. The molecule has 0 radical (unpaired) electrons. The largest absolute Gasteiger partial charge is 0.376 e. The zero-order valence-corrected chi connectivity index (χ0v) is 13.2. The van der Waals surface area contributed by atoms with Crippen molar-refractivity contribution >= 4 is 11.5 Å². The van der Waals surface area contributed by atoms with Gasteiger partial charge in [0.15, 0.2) is 5.65 Å². The third-order valence-corrected chi connectivity index (χ3v) is 4.77. The lowest BCUT2D eigenvalue weighted by Crippen LogP contribution is -2.29. The summed E-state index contributed by atoms with van der Waals surface area (Å²) < 4.78 is 7.58. The minimum Gasteiger partial charge on any atom is -0.376 e. The van der Waals surface area contributed by atoms with Crippen molar-refractivity contribution in [1.29, 1.82) is 5.26 Å². The third-order valence-electron chi connectivity index (χ3n) is 4.77. The number of aromatic nitrogens is 3. The number of hydrogen-bond acceptors (Lipinski definition) is 6. The number of hydrogen-bond donors (Lipinski definition) is 1. The molecule has 1 N–H and O–H groups in total. The smallest absolute Gasteiger partial charge is 0.167 e. The number of pyridine rings is 1. The average molecular weight is 312 g/mol. The molecule has 7 nitrogen and oxygen atoms in total. The summed E-state index contributed by atoms with van der Waals surface area (Å²) in [5, 5.41) is 21.5. The molecule has 2 aliphatic rings. The zero-order valence-electron chi connectivity index (χ0n) is 13.2. The number of anilines is 1. The quantitative estimate of drug-likeness (QED) is 0.917. The fourth-order valence-corrected chi connectivity index (χ4v) is 3.56. The third kappa shape index (κ3) is 2.44. The number of rotatable bonds is 3. The van der Waals surface area contributed by atoms with E-state index in [1.54, 1.807) is 6.33 Å². The van der Waals surface area contributed by atoms with Crippen LogP contribution in [0.5, 0.6) is 0 Å². The van der Waals surface area contributed by atoms with Gasteiger partial charge in [-0.15, -0.1) is 10.2 Å². The van der Waals surface area contributed by atoms with Crippen LogP contribution < -0.4 is 5.32 Å². The van der Waals surface area contributed by atoms with Crippen molar-refractivity contribution in [2.24, 2.45) is 0 Å². The molecule has 23 heavy (non-hydrogen) atoms. The number of fused-ring (bicyclic) bond motifs is 3. The van der Waals surface area contributed by atoms with E-state index in [0.29, 0.717) is 6.54 Å². The van der Waals surface area contributed by atoms with E-state index in [4.69, 9.17) is 4.74 Å². The maximum atomic E-state index is 9.74. The summed E-state index contributed by atoms with van der Waals surface area (Å²) in [6.07, 6.45) is 4.94. The Morgan fingerprint density at radius 3 is 3.17 bits per heavy atom. The van der Waals surface area contributed by atoms with Crippen LogP contribution in [0.1, 0.15) is 29.5 Å². The van der Waals surface area contributed by atoms with Crippen LogP contribution in [-0.2, 0) is 17.7 Å². The minimum absolute atomic E-state index is 0.218. The van der Waals surface area contributed by atoms with Gasteiger partial charge in [0.25, 0.3) is 0 Å². The summed E-state index contributed by atoms with van der Waals surface area (Å²) in [5.41, 5.74) is 3.80. The van der Waals surface area contributed by atoms with Crippen LogP contribution in [0.15, 0.2) is 6.33 Å². The normalized spacial score (nSPS) is 21.3. The predicted molar refractivity (Wildman–Crippen MR) is 85.2 cm³/mol. The fourth-order valence-electron chi connectivity index (χ4n) is 3.56.